The second-order valence-electron chi connectivity index (χ2n) is 5.78. The molecule has 3 aromatic rings. The SMILES string of the molecule is CCOc1ccc(-c2nnc(NC(=O)C=Cc3ccccc3Cl)o2)cc1OCC. The van der Waals surface area contributed by atoms with Gasteiger partial charge in [-0.1, -0.05) is 34.9 Å². The standard InChI is InChI=1S/C21H20ClN3O4/c1-3-27-17-11-9-15(13-18(17)28-4-2)20-24-25-21(29-20)23-19(26)12-10-14-7-5-6-8-16(14)22/h5-13H,3-4H2,1-2H3,(H,23,25,26). The lowest BCUT2D eigenvalue weighted by atomic mass is 10.2. The summed E-state index contributed by atoms with van der Waals surface area (Å²) in [6, 6.07) is 12.5. The van der Waals surface area contributed by atoms with Crippen LogP contribution in [0, 0.1) is 0 Å². The number of amides is 1. The van der Waals surface area contributed by atoms with E-state index in [9.17, 15) is 4.79 Å². The summed E-state index contributed by atoms with van der Waals surface area (Å²) in [4.78, 5) is 12.1. The molecule has 0 atom stereocenters. The predicted octanol–water partition coefficient (Wildman–Crippen LogP) is 4.84. The largest absolute Gasteiger partial charge is 0.490 e. The van der Waals surface area contributed by atoms with Gasteiger partial charge < -0.3 is 13.9 Å². The first kappa shape index (κ1) is 20.4. The van der Waals surface area contributed by atoms with E-state index in [1.54, 1.807) is 36.4 Å². The Morgan fingerprint density at radius 2 is 1.86 bits per heavy atom. The normalized spacial score (nSPS) is 10.9. The highest BCUT2D eigenvalue weighted by Crippen LogP contribution is 2.32. The Morgan fingerprint density at radius 1 is 1.10 bits per heavy atom. The Hall–Kier alpha value is -3.32. The van der Waals surface area contributed by atoms with Crippen molar-refractivity contribution in [2.24, 2.45) is 0 Å². The summed E-state index contributed by atoms with van der Waals surface area (Å²) in [7, 11) is 0. The van der Waals surface area contributed by atoms with Gasteiger partial charge in [-0.05, 0) is 49.8 Å². The van der Waals surface area contributed by atoms with Gasteiger partial charge in [-0.2, -0.15) is 0 Å². The maximum atomic E-state index is 12.1. The van der Waals surface area contributed by atoms with Crippen molar-refractivity contribution in [2.75, 3.05) is 18.5 Å². The Labute approximate surface area is 173 Å². The molecule has 0 unspecified atom stereocenters. The lowest BCUT2D eigenvalue weighted by Gasteiger charge is -2.11. The zero-order chi connectivity index (χ0) is 20.6. The van der Waals surface area contributed by atoms with Gasteiger partial charge in [0.15, 0.2) is 11.5 Å². The molecule has 1 amide bonds. The van der Waals surface area contributed by atoms with E-state index in [2.05, 4.69) is 15.5 Å². The van der Waals surface area contributed by atoms with Crippen LogP contribution in [0.5, 0.6) is 11.5 Å². The van der Waals surface area contributed by atoms with E-state index in [-0.39, 0.29) is 11.9 Å². The van der Waals surface area contributed by atoms with E-state index in [0.29, 0.717) is 35.3 Å². The van der Waals surface area contributed by atoms with Crippen LogP contribution in [0.4, 0.5) is 6.01 Å². The lowest BCUT2D eigenvalue weighted by molar-refractivity contribution is -0.112. The number of aromatic nitrogens is 2. The molecule has 29 heavy (non-hydrogen) atoms. The highest BCUT2D eigenvalue weighted by atomic mass is 35.5. The molecule has 0 bridgehead atoms. The van der Waals surface area contributed by atoms with E-state index in [1.165, 1.54) is 6.08 Å². The van der Waals surface area contributed by atoms with Gasteiger partial charge >= 0.3 is 6.01 Å². The number of nitrogens with one attached hydrogen (secondary N) is 1. The van der Waals surface area contributed by atoms with Crippen LogP contribution in [0.15, 0.2) is 53.0 Å². The molecular formula is C21H20ClN3O4. The molecule has 0 spiro atoms. The Morgan fingerprint density at radius 3 is 2.62 bits per heavy atom. The van der Waals surface area contributed by atoms with Crippen LogP contribution in [0.2, 0.25) is 5.02 Å². The topological polar surface area (TPSA) is 86.5 Å². The van der Waals surface area contributed by atoms with E-state index < -0.39 is 5.91 Å². The van der Waals surface area contributed by atoms with Crippen LogP contribution in [-0.4, -0.2) is 29.3 Å². The van der Waals surface area contributed by atoms with Gasteiger partial charge in [-0.15, -0.1) is 5.10 Å². The fourth-order valence-electron chi connectivity index (χ4n) is 2.50. The lowest BCUT2D eigenvalue weighted by Crippen LogP contribution is -2.07. The molecule has 0 aliphatic rings. The molecule has 0 aliphatic heterocycles. The molecule has 0 aliphatic carbocycles. The number of nitrogens with zero attached hydrogens (tertiary/aromatic N) is 2. The fraction of sp³-hybridized carbons (Fsp3) is 0.190. The van der Waals surface area contributed by atoms with E-state index in [0.717, 1.165) is 5.56 Å². The second kappa shape index (κ2) is 9.75. The molecule has 2 aromatic carbocycles. The maximum absolute atomic E-state index is 12.1. The molecule has 1 aromatic heterocycles. The number of rotatable bonds is 8. The monoisotopic (exact) mass is 413 g/mol. The third-order valence-electron chi connectivity index (χ3n) is 3.76. The minimum Gasteiger partial charge on any atom is -0.490 e. The van der Waals surface area contributed by atoms with E-state index in [4.69, 9.17) is 25.5 Å². The average Bonchev–Trinajstić information content (AvgIpc) is 3.17. The molecule has 7 nitrogen and oxygen atoms in total. The quantitative estimate of drug-likeness (QED) is 0.532. The van der Waals surface area contributed by atoms with E-state index in [1.807, 2.05) is 26.0 Å². The molecule has 1 N–H and O–H groups in total. The summed E-state index contributed by atoms with van der Waals surface area (Å²) >= 11 is 6.06. The first-order valence-corrected chi connectivity index (χ1v) is 9.45. The third-order valence-corrected chi connectivity index (χ3v) is 4.11. The number of hydrogen-bond acceptors (Lipinski definition) is 6. The number of halogens is 1. The molecule has 0 radical (unpaired) electrons. The van der Waals surface area contributed by atoms with Gasteiger partial charge in [-0.25, -0.2) is 0 Å². The highest BCUT2D eigenvalue weighted by Gasteiger charge is 2.13. The van der Waals surface area contributed by atoms with Crippen LogP contribution in [0.3, 0.4) is 0 Å². The first-order chi connectivity index (χ1) is 14.1. The zero-order valence-corrected chi connectivity index (χ0v) is 16.8. The summed E-state index contributed by atoms with van der Waals surface area (Å²) < 4.78 is 16.7. The number of benzene rings is 2. The summed E-state index contributed by atoms with van der Waals surface area (Å²) in [5, 5.41) is 10.9. The molecule has 150 valence electrons. The summed E-state index contributed by atoms with van der Waals surface area (Å²) in [6.07, 6.45) is 2.95. The van der Waals surface area contributed by atoms with Crippen molar-refractivity contribution >= 4 is 29.6 Å². The van der Waals surface area contributed by atoms with Gasteiger partial charge in [-0.3, -0.25) is 10.1 Å². The van der Waals surface area contributed by atoms with Crippen molar-refractivity contribution in [1.82, 2.24) is 10.2 Å². The molecule has 8 heteroatoms. The van der Waals surface area contributed by atoms with Crippen LogP contribution in [0.25, 0.3) is 17.5 Å². The molecule has 1 heterocycles. The molecular weight excluding hydrogens is 394 g/mol. The summed E-state index contributed by atoms with van der Waals surface area (Å²) in [5.74, 6) is 1.05. The van der Waals surface area contributed by atoms with Crippen LogP contribution < -0.4 is 14.8 Å². The van der Waals surface area contributed by atoms with Crippen molar-refractivity contribution in [3.8, 4) is 23.0 Å². The minimum absolute atomic E-state index is 0.0133. The van der Waals surface area contributed by atoms with Crippen molar-refractivity contribution < 1.29 is 18.7 Å². The van der Waals surface area contributed by atoms with Gasteiger partial charge in [0.2, 0.25) is 5.89 Å². The maximum Gasteiger partial charge on any atom is 0.322 e. The van der Waals surface area contributed by atoms with Crippen LogP contribution in [0.1, 0.15) is 19.4 Å². The van der Waals surface area contributed by atoms with Crippen LogP contribution in [-0.2, 0) is 4.79 Å². The third kappa shape index (κ3) is 5.36. The summed E-state index contributed by atoms with van der Waals surface area (Å²) in [6.45, 7) is 4.81. The van der Waals surface area contributed by atoms with Crippen LogP contribution >= 0.6 is 11.6 Å². The number of carbonyl (C=O) groups is 1. The van der Waals surface area contributed by atoms with Gasteiger partial charge in [0.1, 0.15) is 0 Å². The van der Waals surface area contributed by atoms with Crippen molar-refractivity contribution in [3.63, 3.8) is 0 Å². The zero-order valence-electron chi connectivity index (χ0n) is 16.0. The smallest absolute Gasteiger partial charge is 0.322 e. The minimum atomic E-state index is -0.415. The molecule has 0 saturated carbocycles. The first-order valence-electron chi connectivity index (χ1n) is 9.07. The Bertz CT molecular complexity index is 1020. The average molecular weight is 414 g/mol. The fourth-order valence-corrected chi connectivity index (χ4v) is 2.70. The van der Waals surface area contributed by atoms with Gasteiger partial charge in [0, 0.05) is 16.7 Å². The van der Waals surface area contributed by atoms with Gasteiger partial charge in [0.25, 0.3) is 5.91 Å². The number of hydrogen-bond donors (Lipinski definition) is 1. The second-order valence-corrected chi connectivity index (χ2v) is 6.19. The van der Waals surface area contributed by atoms with Crippen molar-refractivity contribution in [3.05, 3.63) is 59.1 Å². The number of ether oxygens (including phenoxy) is 2. The Kier molecular flexibility index (Phi) is 6.86. The van der Waals surface area contributed by atoms with Crippen molar-refractivity contribution in [2.45, 2.75) is 13.8 Å². The number of carbonyl (C=O) groups excluding carboxylic acids is 1. The molecule has 3 rings (SSSR count). The van der Waals surface area contributed by atoms with Gasteiger partial charge in [0.05, 0.1) is 13.2 Å². The Balaban J connectivity index is 1.71. The van der Waals surface area contributed by atoms with E-state index >= 15 is 0 Å². The molecule has 0 fully saturated rings. The molecule has 0 saturated heterocycles. The summed E-state index contributed by atoms with van der Waals surface area (Å²) in [5.41, 5.74) is 1.38. The van der Waals surface area contributed by atoms with Crippen molar-refractivity contribution in [1.29, 1.82) is 0 Å². The number of anilines is 1. The highest BCUT2D eigenvalue weighted by molar-refractivity contribution is 6.32. The predicted molar refractivity (Wildman–Crippen MR) is 111 cm³/mol.